The van der Waals surface area contributed by atoms with Crippen molar-refractivity contribution < 1.29 is 19.8 Å². The predicted molar refractivity (Wildman–Crippen MR) is 91.4 cm³/mol. The molecule has 0 aliphatic carbocycles. The zero-order valence-corrected chi connectivity index (χ0v) is 15.5. The van der Waals surface area contributed by atoms with E-state index in [-0.39, 0.29) is 13.1 Å². The van der Waals surface area contributed by atoms with Gasteiger partial charge in [0.05, 0.1) is 0 Å². The lowest BCUT2D eigenvalue weighted by Crippen LogP contribution is -2.64. The summed E-state index contributed by atoms with van der Waals surface area (Å²) in [6.45, 7) is 10.8. The van der Waals surface area contributed by atoms with E-state index < -0.39 is 34.1 Å². The number of hydrogen-bond acceptors (Lipinski definition) is 6. The van der Waals surface area contributed by atoms with Gasteiger partial charge in [0.25, 0.3) is 11.8 Å². The first kappa shape index (κ1) is 20.8. The highest BCUT2D eigenvalue weighted by molar-refractivity contribution is 5.86. The lowest BCUT2D eigenvalue weighted by molar-refractivity contribution is -0.141. The van der Waals surface area contributed by atoms with Crippen molar-refractivity contribution in [1.82, 2.24) is 21.3 Å². The van der Waals surface area contributed by atoms with Gasteiger partial charge in [-0.1, -0.05) is 0 Å². The van der Waals surface area contributed by atoms with Gasteiger partial charge in [0.1, 0.15) is 0 Å². The highest BCUT2D eigenvalue weighted by Gasteiger charge is 2.37. The Morgan fingerprint density at radius 3 is 1.25 bits per heavy atom. The summed E-state index contributed by atoms with van der Waals surface area (Å²) >= 11 is 0. The molecule has 24 heavy (non-hydrogen) atoms. The van der Waals surface area contributed by atoms with Crippen LogP contribution in [-0.4, -0.2) is 70.5 Å². The van der Waals surface area contributed by atoms with Crippen molar-refractivity contribution >= 4 is 11.8 Å². The molecular formula is C16H32N4O4. The predicted octanol–water partition coefficient (Wildman–Crippen LogP) is -1.53. The van der Waals surface area contributed by atoms with Crippen molar-refractivity contribution in [3.63, 3.8) is 0 Å². The van der Waals surface area contributed by atoms with Crippen molar-refractivity contribution in [3.05, 3.63) is 0 Å². The molecule has 1 aliphatic rings. The van der Waals surface area contributed by atoms with Crippen LogP contribution in [0.5, 0.6) is 0 Å². The van der Waals surface area contributed by atoms with Crippen LogP contribution in [0.1, 0.15) is 41.5 Å². The molecule has 0 radical (unpaired) electrons. The molecular weight excluding hydrogens is 312 g/mol. The molecule has 0 aromatic heterocycles. The molecule has 8 nitrogen and oxygen atoms in total. The minimum Gasteiger partial charge on any atom is -0.379 e. The quantitative estimate of drug-likeness (QED) is 0.317. The van der Waals surface area contributed by atoms with Crippen molar-refractivity contribution in [1.29, 1.82) is 0 Å². The first-order valence-corrected chi connectivity index (χ1v) is 8.18. The SMILES string of the molecule is CC1(C)CNCC(C)(O)C(=O)NC(C)(C)CNCC(C)(O)C(=O)N1. The van der Waals surface area contributed by atoms with Gasteiger partial charge >= 0.3 is 0 Å². The highest BCUT2D eigenvalue weighted by atomic mass is 16.3. The topological polar surface area (TPSA) is 123 Å². The molecule has 6 N–H and O–H groups in total. The van der Waals surface area contributed by atoms with E-state index in [9.17, 15) is 19.8 Å². The second-order valence-corrected chi connectivity index (χ2v) is 8.43. The lowest BCUT2D eigenvalue weighted by atomic mass is 9.97. The Morgan fingerprint density at radius 2 is 0.958 bits per heavy atom. The number of hydrogen-bond donors (Lipinski definition) is 6. The molecule has 0 aromatic carbocycles. The maximum atomic E-state index is 12.3. The van der Waals surface area contributed by atoms with Crippen molar-refractivity contribution in [2.75, 3.05) is 26.2 Å². The van der Waals surface area contributed by atoms with E-state index in [0.29, 0.717) is 13.1 Å². The monoisotopic (exact) mass is 344 g/mol. The molecule has 2 unspecified atom stereocenters. The van der Waals surface area contributed by atoms with Crippen LogP contribution in [0, 0.1) is 0 Å². The van der Waals surface area contributed by atoms with Crippen molar-refractivity contribution in [2.24, 2.45) is 0 Å². The van der Waals surface area contributed by atoms with Crippen LogP contribution < -0.4 is 21.3 Å². The summed E-state index contributed by atoms with van der Waals surface area (Å²) in [6, 6.07) is 0. The molecule has 0 spiro atoms. The number of amides is 2. The van der Waals surface area contributed by atoms with Gasteiger partial charge in [-0.25, -0.2) is 0 Å². The maximum absolute atomic E-state index is 12.3. The Bertz CT molecular complexity index is 442. The van der Waals surface area contributed by atoms with Gasteiger partial charge in [-0.15, -0.1) is 0 Å². The molecule has 2 atom stereocenters. The van der Waals surface area contributed by atoms with E-state index in [1.54, 1.807) is 27.7 Å². The summed E-state index contributed by atoms with van der Waals surface area (Å²) < 4.78 is 0. The molecule has 1 saturated heterocycles. The first-order chi connectivity index (χ1) is 10.7. The largest absolute Gasteiger partial charge is 0.379 e. The Kier molecular flexibility index (Phi) is 6.03. The molecule has 2 amide bonds. The summed E-state index contributed by atoms with van der Waals surface area (Å²) in [5, 5.41) is 32.3. The van der Waals surface area contributed by atoms with Crippen LogP contribution in [-0.2, 0) is 9.59 Å². The van der Waals surface area contributed by atoms with Gasteiger partial charge in [-0.3, -0.25) is 9.59 Å². The summed E-state index contributed by atoms with van der Waals surface area (Å²) in [5.74, 6) is -0.958. The normalized spacial score (nSPS) is 35.5. The van der Waals surface area contributed by atoms with Gasteiger partial charge in [-0.2, -0.15) is 0 Å². The van der Waals surface area contributed by atoms with E-state index in [1.165, 1.54) is 13.8 Å². The standard InChI is InChI=1S/C16H32N4O4/c1-13(2)7-17-9-16(6,24)12(22)20-14(3,4)8-18-10-15(5,23)11(21)19-13/h17-18,23-24H,7-10H2,1-6H3,(H,19,21)(H,20,22). The Balaban J connectivity index is 2.98. The molecule has 140 valence electrons. The summed E-state index contributed by atoms with van der Waals surface area (Å²) in [5.41, 5.74) is -4.46. The summed E-state index contributed by atoms with van der Waals surface area (Å²) in [6.07, 6.45) is 0. The van der Waals surface area contributed by atoms with Gasteiger partial charge in [0.2, 0.25) is 0 Å². The van der Waals surface area contributed by atoms with Crippen LogP contribution in [0.4, 0.5) is 0 Å². The molecule has 0 saturated carbocycles. The number of β-amino-alcohol motifs (C(OH)–C–C–N with tert-alkyl or cyclic N) is 2. The maximum Gasteiger partial charge on any atom is 0.253 e. The van der Waals surface area contributed by atoms with Crippen LogP contribution in [0.25, 0.3) is 0 Å². The first-order valence-electron chi connectivity index (χ1n) is 8.18. The van der Waals surface area contributed by atoms with Crippen molar-refractivity contribution in [3.8, 4) is 0 Å². The van der Waals surface area contributed by atoms with Crippen LogP contribution in [0.3, 0.4) is 0 Å². The zero-order chi connectivity index (χ0) is 18.8. The number of nitrogens with one attached hydrogen (secondary N) is 4. The fourth-order valence-electron chi connectivity index (χ4n) is 2.37. The average Bonchev–Trinajstić information content (AvgIpc) is 2.35. The number of carbonyl (C=O) groups is 2. The van der Waals surface area contributed by atoms with Crippen molar-refractivity contribution in [2.45, 2.75) is 63.8 Å². The van der Waals surface area contributed by atoms with Crippen LogP contribution in [0.15, 0.2) is 0 Å². The lowest BCUT2D eigenvalue weighted by Gasteiger charge is -2.36. The number of rotatable bonds is 0. The van der Waals surface area contributed by atoms with Gasteiger partial charge in [0.15, 0.2) is 11.2 Å². The summed E-state index contributed by atoms with van der Waals surface area (Å²) in [7, 11) is 0. The minimum atomic E-state index is -1.58. The molecule has 1 aliphatic heterocycles. The van der Waals surface area contributed by atoms with E-state index in [4.69, 9.17) is 0 Å². The number of carbonyl (C=O) groups excluding carboxylic acids is 2. The molecule has 0 aromatic rings. The highest BCUT2D eigenvalue weighted by Crippen LogP contribution is 2.11. The van der Waals surface area contributed by atoms with E-state index in [0.717, 1.165) is 0 Å². The number of aliphatic hydroxyl groups is 2. The second-order valence-electron chi connectivity index (χ2n) is 8.43. The third kappa shape index (κ3) is 6.01. The van der Waals surface area contributed by atoms with E-state index >= 15 is 0 Å². The molecule has 8 heteroatoms. The Labute approximate surface area is 143 Å². The van der Waals surface area contributed by atoms with Crippen LogP contribution >= 0.6 is 0 Å². The third-order valence-corrected chi connectivity index (χ3v) is 3.95. The minimum absolute atomic E-state index is 0.0397. The van der Waals surface area contributed by atoms with Gasteiger partial charge < -0.3 is 31.5 Å². The fourth-order valence-corrected chi connectivity index (χ4v) is 2.37. The zero-order valence-electron chi connectivity index (χ0n) is 15.5. The van der Waals surface area contributed by atoms with E-state index in [1.807, 2.05) is 0 Å². The Hall–Kier alpha value is -1.22. The third-order valence-electron chi connectivity index (χ3n) is 3.95. The van der Waals surface area contributed by atoms with Gasteiger partial charge in [0, 0.05) is 37.3 Å². The molecule has 1 rings (SSSR count). The fraction of sp³-hybridized carbons (Fsp3) is 0.875. The second kappa shape index (κ2) is 6.95. The van der Waals surface area contributed by atoms with Gasteiger partial charge in [-0.05, 0) is 41.5 Å². The molecule has 0 bridgehead atoms. The van der Waals surface area contributed by atoms with E-state index in [2.05, 4.69) is 21.3 Å². The molecule has 1 heterocycles. The Morgan fingerprint density at radius 1 is 0.667 bits per heavy atom. The summed E-state index contributed by atoms with van der Waals surface area (Å²) in [4.78, 5) is 24.6. The average molecular weight is 344 g/mol. The smallest absolute Gasteiger partial charge is 0.253 e. The van der Waals surface area contributed by atoms with Crippen LogP contribution in [0.2, 0.25) is 0 Å². The molecule has 1 fully saturated rings.